The van der Waals surface area contributed by atoms with E-state index in [1.54, 1.807) is 6.07 Å². The summed E-state index contributed by atoms with van der Waals surface area (Å²) in [7, 11) is 0. The zero-order chi connectivity index (χ0) is 10.2. The van der Waals surface area contributed by atoms with Gasteiger partial charge in [0.05, 0.1) is 5.69 Å². The molecular weight excluding hydrogens is 221 g/mol. The fourth-order valence-electron chi connectivity index (χ4n) is 1.60. The monoisotopic (exact) mass is 231 g/mol. The van der Waals surface area contributed by atoms with Gasteiger partial charge in [-0.15, -0.1) is 10.2 Å². The molecule has 0 aliphatic heterocycles. The molecule has 5 heteroatoms. The van der Waals surface area contributed by atoms with Crippen LogP contribution in [0.1, 0.15) is 26.2 Å². The van der Waals surface area contributed by atoms with E-state index in [0.717, 1.165) is 18.5 Å². The van der Waals surface area contributed by atoms with E-state index >= 15 is 0 Å². The Morgan fingerprint density at radius 1 is 1.36 bits per heavy atom. The normalized spacial score (nSPS) is 18.8. The van der Waals surface area contributed by atoms with Gasteiger partial charge in [0.25, 0.3) is 0 Å². The van der Waals surface area contributed by atoms with Crippen molar-refractivity contribution >= 4 is 28.9 Å². The van der Waals surface area contributed by atoms with E-state index in [0.29, 0.717) is 10.3 Å². The molecule has 1 aliphatic rings. The van der Waals surface area contributed by atoms with E-state index in [-0.39, 0.29) is 5.54 Å². The summed E-state index contributed by atoms with van der Waals surface area (Å²) in [4.78, 5) is 0. The van der Waals surface area contributed by atoms with Crippen LogP contribution in [0, 0.1) is 0 Å². The van der Waals surface area contributed by atoms with E-state index in [9.17, 15) is 0 Å². The van der Waals surface area contributed by atoms with Crippen LogP contribution < -0.4 is 5.32 Å². The molecule has 0 atom stereocenters. The molecule has 0 amide bonds. The maximum absolute atomic E-state index is 5.89. The first-order valence-corrected chi connectivity index (χ1v) is 5.32. The fraction of sp³-hybridized carbons (Fsp3) is 0.556. The van der Waals surface area contributed by atoms with Gasteiger partial charge in [-0.2, -0.15) is 0 Å². The zero-order valence-corrected chi connectivity index (χ0v) is 9.36. The van der Waals surface area contributed by atoms with Gasteiger partial charge in [-0.25, -0.2) is 0 Å². The lowest BCUT2D eigenvalue weighted by Gasteiger charge is -2.40. The van der Waals surface area contributed by atoms with Crippen LogP contribution in [-0.4, -0.2) is 15.7 Å². The zero-order valence-electron chi connectivity index (χ0n) is 7.85. The number of nitrogens with one attached hydrogen (secondary N) is 1. The van der Waals surface area contributed by atoms with Crippen LogP contribution in [0.15, 0.2) is 6.07 Å². The van der Waals surface area contributed by atoms with Crippen molar-refractivity contribution in [3.8, 4) is 0 Å². The number of aromatic nitrogens is 2. The van der Waals surface area contributed by atoms with Crippen LogP contribution in [0.3, 0.4) is 0 Å². The van der Waals surface area contributed by atoms with Crippen molar-refractivity contribution in [1.29, 1.82) is 0 Å². The van der Waals surface area contributed by atoms with Crippen molar-refractivity contribution in [2.24, 2.45) is 0 Å². The van der Waals surface area contributed by atoms with Gasteiger partial charge >= 0.3 is 0 Å². The topological polar surface area (TPSA) is 37.8 Å². The number of halogens is 2. The van der Waals surface area contributed by atoms with Gasteiger partial charge in [0.2, 0.25) is 0 Å². The molecule has 1 aliphatic carbocycles. The molecule has 1 aromatic heterocycles. The molecule has 76 valence electrons. The molecule has 1 fully saturated rings. The standard InChI is InChI=1S/C9H11Cl2N3/c1-9(3-2-4-9)12-6-5-7(10)13-14-8(6)11/h5H,2-4H2,1H3,(H,12,13). The molecule has 3 nitrogen and oxygen atoms in total. The molecular formula is C9H11Cl2N3. The number of anilines is 1. The molecule has 1 heterocycles. The number of hydrogen-bond acceptors (Lipinski definition) is 3. The summed E-state index contributed by atoms with van der Waals surface area (Å²) in [5, 5.41) is 11.5. The van der Waals surface area contributed by atoms with Crippen LogP contribution in [-0.2, 0) is 0 Å². The second-order valence-electron chi connectivity index (χ2n) is 3.91. The highest BCUT2D eigenvalue weighted by Crippen LogP contribution is 2.36. The van der Waals surface area contributed by atoms with Gasteiger partial charge < -0.3 is 5.32 Å². The van der Waals surface area contributed by atoms with Gasteiger partial charge in [0.1, 0.15) is 0 Å². The summed E-state index contributed by atoms with van der Waals surface area (Å²) >= 11 is 11.6. The predicted molar refractivity (Wildman–Crippen MR) is 57.9 cm³/mol. The van der Waals surface area contributed by atoms with Crippen molar-refractivity contribution in [3.05, 3.63) is 16.4 Å². The lowest BCUT2D eigenvalue weighted by atomic mass is 9.78. The minimum absolute atomic E-state index is 0.149. The van der Waals surface area contributed by atoms with Crippen LogP contribution in [0.4, 0.5) is 5.69 Å². The molecule has 1 aromatic rings. The van der Waals surface area contributed by atoms with Crippen LogP contribution in [0.25, 0.3) is 0 Å². The first-order valence-electron chi connectivity index (χ1n) is 4.56. The summed E-state index contributed by atoms with van der Waals surface area (Å²) in [6.07, 6.45) is 3.57. The third-order valence-electron chi connectivity index (χ3n) is 2.61. The van der Waals surface area contributed by atoms with Crippen molar-refractivity contribution in [2.45, 2.75) is 31.7 Å². The van der Waals surface area contributed by atoms with Gasteiger partial charge in [-0.05, 0) is 26.2 Å². The van der Waals surface area contributed by atoms with E-state index in [2.05, 4.69) is 22.4 Å². The van der Waals surface area contributed by atoms with Crippen LogP contribution in [0.2, 0.25) is 10.3 Å². The summed E-state index contributed by atoms with van der Waals surface area (Å²) in [5.74, 6) is 0. The van der Waals surface area contributed by atoms with E-state index < -0.39 is 0 Å². The minimum atomic E-state index is 0.149. The third-order valence-corrected chi connectivity index (χ3v) is 3.08. The Bertz CT molecular complexity index is 350. The molecule has 1 saturated carbocycles. The van der Waals surface area contributed by atoms with Crippen molar-refractivity contribution in [2.75, 3.05) is 5.32 Å². The minimum Gasteiger partial charge on any atom is -0.377 e. The van der Waals surface area contributed by atoms with E-state index in [4.69, 9.17) is 23.2 Å². The Kier molecular flexibility index (Phi) is 2.54. The lowest BCUT2D eigenvalue weighted by Crippen LogP contribution is -2.41. The van der Waals surface area contributed by atoms with E-state index in [1.807, 2.05) is 0 Å². The number of rotatable bonds is 2. The van der Waals surface area contributed by atoms with Gasteiger partial charge in [-0.1, -0.05) is 23.2 Å². The first kappa shape index (κ1) is 9.99. The van der Waals surface area contributed by atoms with Crippen molar-refractivity contribution < 1.29 is 0 Å². The Labute approximate surface area is 92.8 Å². The summed E-state index contributed by atoms with van der Waals surface area (Å²) < 4.78 is 0. The maximum Gasteiger partial charge on any atom is 0.174 e. The average molecular weight is 232 g/mol. The predicted octanol–water partition coefficient (Wildman–Crippen LogP) is 3.14. The second-order valence-corrected chi connectivity index (χ2v) is 4.66. The smallest absolute Gasteiger partial charge is 0.174 e. The fourth-order valence-corrected chi connectivity index (χ4v) is 1.88. The second kappa shape index (κ2) is 3.55. The third kappa shape index (κ3) is 1.93. The highest BCUT2D eigenvalue weighted by atomic mass is 35.5. The molecule has 1 N–H and O–H groups in total. The Balaban J connectivity index is 2.19. The first-order chi connectivity index (χ1) is 6.59. The Morgan fingerprint density at radius 2 is 2.07 bits per heavy atom. The van der Waals surface area contributed by atoms with Gasteiger partial charge in [0.15, 0.2) is 10.3 Å². The van der Waals surface area contributed by atoms with Crippen LogP contribution >= 0.6 is 23.2 Å². The summed E-state index contributed by atoms with van der Waals surface area (Å²) in [6, 6.07) is 1.71. The maximum atomic E-state index is 5.89. The largest absolute Gasteiger partial charge is 0.377 e. The number of nitrogens with zero attached hydrogens (tertiary/aromatic N) is 2. The molecule has 0 bridgehead atoms. The molecule has 0 unspecified atom stereocenters. The number of hydrogen-bond donors (Lipinski definition) is 1. The van der Waals surface area contributed by atoms with Gasteiger partial charge in [0, 0.05) is 11.6 Å². The van der Waals surface area contributed by atoms with E-state index in [1.165, 1.54) is 6.42 Å². The van der Waals surface area contributed by atoms with Crippen molar-refractivity contribution in [3.63, 3.8) is 0 Å². The highest BCUT2D eigenvalue weighted by Gasteiger charge is 2.32. The molecule has 0 radical (unpaired) electrons. The molecule has 0 saturated heterocycles. The molecule has 14 heavy (non-hydrogen) atoms. The SMILES string of the molecule is CC1(Nc2cc(Cl)nnc2Cl)CCC1. The summed E-state index contributed by atoms with van der Waals surface area (Å²) in [6.45, 7) is 2.17. The quantitative estimate of drug-likeness (QED) is 0.851. The molecule has 2 rings (SSSR count). The highest BCUT2D eigenvalue weighted by molar-refractivity contribution is 6.33. The Morgan fingerprint density at radius 3 is 2.64 bits per heavy atom. The van der Waals surface area contributed by atoms with Crippen molar-refractivity contribution in [1.82, 2.24) is 10.2 Å². The molecule has 0 spiro atoms. The van der Waals surface area contributed by atoms with Gasteiger partial charge in [-0.3, -0.25) is 0 Å². The average Bonchev–Trinajstić information content (AvgIpc) is 2.09. The summed E-state index contributed by atoms with van der Waals surface area (Å²) in [5.41, 5.74) is 0.921. The lowest BCUT2D eigenvalue weighted by molar-refractivity contribution is 0.306. The Hall–Kier alpha value is -0.540. The molecule has 0 aromatic carbocycles. The van der Waals surface area contributed by atoms with Crippen LogP contribution in [0.5, 0.6) is 0 Å².